The maximum Gasteiger partial charge on any atom is 0.198 e. The molecule has 2 unspecified atom stereocenters. The average Bonchev–Trinajstić information content (AvgIpc) is 2.92. The minimum absolute atomic E-state index is 0.719. The van der Waals surface area contributed by atoms with Crippen LogP contribution in [-0.4, -0.2) is 22.1 Å². The lowest BCUT2D eigenvalue weighted by molar-refractivity contribution is 0.284. The summed E-state index contributed by atoms with van der Waals surface area (Å²) in [5.74, 6) is 1.58. The summed E-state index contributed by atoms with van der Waals surface area (Å²) in [6, 6.07) is 5.29. The Hall–Kier alpha value is -1.42. The number of nitrogens with zero attached hydrogens (tertiary/aromatic N) is 2. The molecule has 0 amide bonds. The fourth-order valence-corrected chi connectivity index (χ4v) is 3.49. The van der Waals surface area contributed by atoms with Crippen LogP contribution in [0.25, 0.3) is 11.2 Å². The highest BCUT2D eigenvalue weighted by atomic mass is 16.3. The predicted octanol–water partition coefficient (Wildman–Crippen LogP) is 2.30. The summed E-state index contributed by atoms with van der Waals surface area (Å²) < 4.78 is 5.77. The molecule has 2 atom stereocenters. The highest BCUT2D eigenvalue weighted by Gasteiger charge is 2.33. The van der Waals surface area contributed by atoms with Gasteiger partial charge in [0.1, 0.15) is 0 Å². The van der Waals surface area contributed by atoms with Crippen LogP contribution in [0.3, 0.4) is 0 Å². The Bertz CT molecular complexity index is 520. The second kappa shape index (κ2) is 4.05. The van der Waals surface area contributed by atoms with E-state index in [2.05, 4.69) is 15.3 Å². The van der Waals surface area contributed by atoms with E-state index in [0.29, 0.717) is 0 Å². The van der Waals surface area contributed by atoms with Gasteiger partial charge < -0.3 is 9.73 Å². The van der Waals surface area contributed by atoms with Gasteiger partial charge in [-0.1, -0.05) is 0 Å². The number of hydrogen-bond donors (Lipinski definition) is 1. The maximum atomic E-state index is 5.77. The molecule has 0 spiro atoms. The number of oxazole rings is 1. The van der Waals surface area contributed by atoms with E-state index < -0.39 is 0 Å². The minimum atomic E-state index is 0.719. The molecule has 18 heavy (non-hydrogen) atoms. The first-order valence-corrected chi connectivity index (χ1v) is 6.83. The zero-order valence-corrected chi connectivity index (χ0v) is 10.3. The first kappa shape index (κ1) is 10.5. The van der Waals surface area contributed by atoms with Crippen LogP contribution in [0.4, 0.5) is 0 Å². The molecule has 0 aromatic carbocycles. The summed E-state index contributed by atoms with van der Waals surface area (Å²) in [6.45, 7) is 0. The molecule has 2 aliphatic rings. The van der Waals surface area contributed by atoms with E-state index in [-0.39, 0.29) is 0 Å². The van der Waals surface area contributed by atoms with Crippen molar-refractivity contribution in [2.24, 2.45) is 5.92 Å². The third kappa shape index (κ3) is 1.81. The molecule has 4 heterocycles. The average molecular weight is 243 g/mol. The predicted molar refractivity (Wildman–Crippen MR) is 68.2 cm³/mol. The molecule has 2 aromatic rings. The number of piperidine rings is 1. The number of nitrogens with one attached hydrogen (secondary N) is 1. The third-order valence-corrected chi connectivity index (χ3v) is 4.24. The number of aromatic nitrogens is 2. The van der Waals surface area contributed by atoms with Crippen LogP contribution < -0.4 is 5.32 Å². The Morgan fingerprint density at radius 1 is 1.28 bits per heavy atom. The smallest absolute Gasteiger partial charge is 0.198 e. The quantitative estimate of drug-likeness (QED) is 0.879. The summed E-state index contributed by atoms with van der Waals surface area (Å²) in [4.78, 5) is 8.70. The van der Waals surface area contributed by atoms with Gasteiger partial charge in [0.05, 0.1) is 0 Å². The minimum Gasteiger partial charge on any atom is -0.439 e. The number of fused-ring (bicyclic) bond motifs is 3. The summed E-state index contributed by atoms with van der Waals surface area (Å²) in [5.41, 5.74) is 1.55. The molecule has 2 bridgehead atoms. The van der Waals surface area contributed by atoms with E-state index in [9.17, 15) is 0 Å². The zero-order valence-electron chi connectivity index (χ0n) is 10.3. The van der Waals surface area contributed by atoms with Crippen molar-refractivity contribution in [1.82, 2.24) is 15.3 Å². The Morgan fingerprint density at radius 2 is 2.11 bits per heavy atom. The molecule has 1 N–H and O–H groups in total. The highest BCUT2D eigenvalue weighted by molar-refractivity contribution is 5.66. The first-order valence-electron chi connectivity index (χ1n) is 6.83. The van der Waals surface area contributed by atoms with E-state index in [1.165, 1.54) is 25.7 Å². The maximum absolute atomic E-state index is 5.77. The van der Waals surface area contributed by atoms with E-state index in [4.69, 9.17) is 4.42 Å². The van der Waals surface area contributed by atoms with Crippen molar-refractivity contribution in [2.45, 2.75) is 44.2 Å². The lowest BCUT2D eigenvalue weighted by Crippen LogP contribution is -2.38. The third-order valence-electron chi connectivity index (χ3n) is 4.24. The van der Waals surface area contributed by atoms with Crippen molar-refractivity contribution in [2.75, 3.05) is 0 Å². The van der Waals surface area contributed by atoms with Gasteiger partial charge in [-0.2, -0.15) is 4.98 Å². The van der Waals surface area contributed by atoms with E-state index in [0.717, 1.165) is 41.5 Å². The van der Waals surface area contributed by atoms with Crippen LogP contribution in [0.2, 0.25) is 0 Å². The van der Waals surface area contributed by atoms with Crippen molar-refractivity contribution in [3.05, 3.63) is 24.2 Å². The van der Waals surface area contributed by atoms with Crippen molar-refractivity contribution in [1.29, 1.82) is 0 Å². The van der Waals surface area contributed by atoms with E-state index in [1.807, 2.05) is 12.1 Å². The molecular weight excluding hydrogens is 226 g/mol. The SMILES string of the molecule is c1cnc2nc(CC3CC4CCC(C3)N4)oc2c1. The van der Waals surface area contributed by atoms with Gasteiger partial charge in [-0.25, -0.2) is 4.98 Å². The van der Waals surface area contributed by atoms with Gasteiger partial charge >= 0.3 is 0 Å². The first-order chi connectivity index (χ1) is 8.87. The van der Waals surface area contributed by atoms with Crippen LogP contribution >= 0.6 is 0 Å². The Labute approximate surface area is 106 Å². The summed E-state index contributed by atoms with van der Waals surface area (Å²) in [6.07, 6.45) is 7.95. The highest BCUT2D eigenvalue weighted by Crippen LogP contribution is 2.33. The summed E-state index contributed by atoms with van der Waals surface area (Å²) in [5, 5.41) is 3.67. The Kier molecular flexibility index (Phi) is 2.36. The van der Waals surface area contributed by atoms with Gasteiger partial charge in [0.15, 0.2) is 17.1 Å². The second-order valence-corrected chi connectivity index (χ2v) is 5.61. The normalized spacial score (nSPS) is 31.0. The van der Waals surface area contributed by atoms with Crippen LogP contribution in [0, 0.1) is 5.92 Å². The van der Waals surface area contributed by atoms with E-state index >= 15 is 0 Å². The Balaban J connectivity index is 1.54. The topological polar surface area (TPSA) is 51.0 Å². The molecule has 0 aliphatic carbocycles. The molecule has 0 saturated carbocycles. The van der Waals surface area contributed by atoms with Crippen LogP contribution in [-0.2, 0) is 6.42 Å². The van der Waals surface area contributed by atoms with Crippen molar-refractivity contribution < 1.29 is 4.42 Å². The van der Waals surface area contributed by atoms with Gasteiger partial charge in [-0.3, -0.25) is 0 Å². The van der Waals surface area contributed by atoms with E-state index in [1.54, 1.807) is 6.20 Å². The number of pyridine rings is 1. The molecule has 4 rings (SSSR count). The van der Waals surface area contributed by atoms with Crippen molar-refractivity contribution in [3.63, 3.8) is 0 Å². The number of hydrogen-bond acceptors (Lipinski definition) is 4. The van der Waals surface area contributed by atoms with Gasteiger partial charge in [0.2, 0.25) is 0 Å². The zero-order chi connectivity index (χ0) is 11.9. The molecule has 2 fully saturated rings. The second-order valence-electron chi connectivity index (χ2n) is 5.61. The molecule has 94 valence electrons. The Morgan fingerprint density at radius 3 is 2.89 bits per heavy atom. The molecule has 4 heteroatoms. The van der Waals surface area contributed by atoms with Crippen LogP contribution in [0.5, 0.6) is 0 Å². The fourth-order valence-electron chi connectivity index (χ4n) is 3.49. The molecular formula is C14H17N3O. The van der Waals surface area contributed by atoms with Gasteiger partial charge in [-0.05, 0) is 43.7 Å². The molecule has 4 nitrogen and oxygen atoms in total. The summed E-state index contributed by atoms with van der Waals surface area (Å²) in [7, 11) is 0. The molecule has 2 aromatic heterocycles. The fraction of sp³-hybridized carbons (Fsp3) is 0.571. The molecule has 2 saturated heterocycles. The lowest BCUT2D eigenvalue weighted by Gasteiger charge is -2.28. The molecule has 2 aliphatic heterocycles. The molecule has 0 radical (unpaired) electrons. The van der Waals surface area contributed by atoms with Crippen LogP contribution in [0.15, 0.2) is 22.7 Å². The summed E-state index contributed by atoms with van der Waals surface area (Å²) >= 11 is 0. The van der Waals surface area contributed by atoms with Crippen molar-refractivity contribution in [3.8, 4) is 0 Å². The van der Waals surface area contributed by atoms with Gasteiger partial charge in [0, 0.05) is 24.7 Å². The lowest BCUT2D eigenvalue weighted by atomic mass is 9.90. The van der Waals surface area contributed by atoms with Crippen LogP contribution in [0.1, 0.15) is 31.6 Å². The monoisotopic (exact) mass is 243 g/mol. The number of rotatable bonds is 2. The largest absolute Gasteiger partial charge is 0.439 e. The standard InChI is InChI=1S/C14H17N3O/c1-2-12-14(15-5-1)17-13(18-12)8-9-6-10-3-4-11(7-9)16-10/h1-2,5,9-11,16H,3-4,6-8H2. The van der Waals surface area contributed by atoms with Gasteiger partial charge in [0.25, 0.3) is 0 Å². The van der Waals surface area contributed by atoms with Crippen molar-refractivity contribution >= 4 is 11.2 Å². The van der Waals surface area contributed by atoms with Gasteiger partial charge in [-0.15, -0.1) is 0 Å².